The Morgan fingerprint density at radius 1 is 1.63 bits per heavy atom. The molecule has 1 amide bonds. The van der Waals surface area contributed by atoms with Crippen molar-refractivity contribution in [1.82, 2.24) is 10.2 Å². The van der Waals surface area contributed by atoms with Crippen molar-refractivity contribution in [2.24, 2.45) is 5.92 Å². The SMILES string of the molecule is CNCC1CCN(C(=O)CCc2cc(Br)cs2)C1.Cl. The summed E-state index contributed by atoms with van der Waals surface area (Å²) in [5.41, 5.74) is 0. The van der Waals surface area contributed by atoms with Crippen LogP contribution in [0.4, 0.5) is 0 Å². The van der Waals surface area contributed by atoms with Crippen molar-refractivity contribution in [2.45, 2.75) is 19.3 Å². The van der Waals surface area contributed by atoms with Crippen molar-refractivity contribution in [1.29, 1.82) is 0 Å². The smallest absolute Gasteiger partial charge is 0.222 e. The molecule has 1 aromatic rings. The molecule has 1 fully saturated rings. The minimum Gasteiger partial charge on any atom is -0.342 e. The van der Waals surface area contributed by atoms with Crippen molar-refractivity contribution < 1.29 is 4.79 Å². The van der Waals surface area contributed by atoms with Crippen molar-refractivity contribution >= 4 is 45.6 Å². The molecule has 108 valence electrons. The lowest BCUT2D eigenvalue weighted by Gasteiger charge is -2.16. The summed E-state index contributed by atoms with van der Waals surface area (Å²) in [6.07, 6.45) is 2.64. The molecule has 0 spiro atoms. The van der Waals surface area contributed by atoms with Gasteiger partial charge in [-0.15, -0.1) is 23.7 Å². The van der Waals surface area contributed by atoms with E-state index in [2.05, 4.69) is 32.7 Å². The van der Waals surface area contributed by atoms with E-state index in [9.17, 15) is 4.79 Å². The van der Waals surface area contributed by atoms with Crippen LogP contribution in [-0.2, 0) is 11.2 Å². The highest BCUT2D eigenvalue weighted by Gasteiger charge is 2.25. The van der Waals surface area contributed by atoms with Gasteiger partial charge in [-0.25, -0.2) is 0 Å². The van der Waals surface area contributed by atoms with Gasteiger partial charge < -0.3 is 10.2 Å². The maximum absolute atomic E-state index is 12.1. The van der Waals surface area contributed by atoms with Crippen LogP contribution >= 0.6 is 39.7 Å². The summed E-state index contributed by atoms with van der Waals surface area (Å²) in [5.74, 6) is 0.938. The average Bonchev–Trinajstić information content (AvgIpc) is 2.96. The molecule has 1 saturated heterocycles. The van der Waals surface area contributed by atoms with Crippen LogP contribution in [-0.4, -0.2) is 37.5 Å². The van der Waals surface area contributed by atoms with Crippen LogP contribution in [0.3, 0.4) is 0 Å². The lowest BCUT2D eigenvalue weighted by Crippen LogP contribution is -2.30. The lowest BCUT2D eigenvalue weighted by atomic mass is 10.1. The number of hydrogen-bond acceptors (Lipinski definition) is 3. The first-order chi connectivity index (χ1) is 8.69. The molecule has 0 bridgehead atoms. The van der Waals surface area contributed by atoms with E-state index in [1.165, 1.54) is 4.88 Å². The molecule has 0 aliphatic carbocycles. The number of halogens is 2. The van der Waals surface area contributed by atoms with E-state index in [0.717, 1.165) is 36.9 Å². The highest BCUT2D eigenvalue weighted by Crippen LogP contribution is 2.22. The number of amides is 1. The van der Waals surface area contributed by atoms with E-state index in [0.29, 0.717) is 18.2 Å². The molecule has 1 unspecified atom stereocenters. The van der Waals surface area contributed by atoms with E-state index >= 15 is 0 Å². The van der Waals surface area contributed by atoms with E-state index < -0.39 is 0 Å². The molecular formula is C13H20BrClN2OS. The molecule has 0 saturated carbocycles. The molecule has 0 radical (unpaired) electrons. The first-order valence-electron chi connectivity index (χ1n) is 6.34. The standard InChI is InChI=1S/C13H19BrN2OS.ClH/c1-15-7-10-4-5-16(8-10)13(17)3-2-12-6-11(14)9-18-12;/h6,9-10,15H,2-5,7-8H2,1H3;1H. The minimum atomic E-state index is 0. The van der Waals surface area contributed by atoms with Gasteiger partial charge >= 0.3 is 0 Å². The number of nitrogens with zero attached hydrogens (tertiary/aromatic N) is 1. The first-order valence-corrected chi connectivity index (χ1v) is 8.01. The Balaban J connectivity index is 0.00000180. The van der Waals surface area contributed by atoms with Crippen molar-refractivity contribution in [3.05, 3.63) is 20.8 Å². The van der Waals surface area contributed by atoms with E-state index in [4.69, 9.17) is 0 Å². The number of carbonyl (C=O) groups excluding carboxylic acids is 1. The Bertz CT molecular complexity index is 413. The molecule has 1 atom stereocenters. The van der Waals surface area contributed by atoms with E-state index in [1.807, 2.05) is 11.9 Å². The summed E-state index contributed by atoms with van der Waals surface area (Å²) >= 11 is 5.15. The second-order valence-corrected chi connectivity index (χ2v) is 6.69. The van der Waals surface area contributed by atoms with Gasteiger partial charge in [-0.3, -0.25) is 4.79 Å². The van der Waals surface area contributed by atoms with Gasteiger partial charge in [-0.05, 0) is 54.3 Å². The fourth-order valence-electron chi connectivity index (χ4n) is 2.39. The zero-order valence-corrected chi connectivity index (χ0v) is 14.2. The van der Waals surface area contributed by atoms with Crippen LogP contribution in [0.5, 0.6) is 0 Å². The second-order valence-electron chi connectivity index (χ2n) is 4.78. The van der Waals surface area contributed by atoms with Gasteiger partial charge in [0.2, 0.25) is 5.91 Å². The Hall–Kier alpha value is -0.100. The number of nitrogens with one attached hydrogen (secondary N) is 1. The third-order valence-corrected chi connectivity index (χ3v) is 5.10. The lowest BCUT2D eigenvalue weighted by molar-refractivity contribution is -0.130. The van der Waals surface area contributed by atoms with Crippen molar-refractivity contribution in [3.63, 3.8) is 0 Å². The molecular weight excluding hydrogens is 348 g/mol. The largest absolute Gasteiger partial charge is 0.342 e. The molecule has 2 rings (SSSR count). The molecule has 2 heterocycles. The third kappa shape index (κ3) is 5.06. The minimum absolute atomic E-state index is 0. The van der Waals surface area contributed by atoms with Crippen LogP contribution in [0.25, 0.3) is 0 Å². The third-order valence-electron chi connectivity index (χ3n) is 3.34. The van der Waals surface area contributed by atoms with Gasteiger partial charge in [-0.2, -0.15) is 0 Å². The number of rotatable bonds is 5. The maximum atomic E-state index is 12.1. The maximum Gasteiger partial charge on any atom is 0.222 e. The predicted octanol–water partition coefficient (Wildman–Crippen LogP) is 2.93. The molecule has 1 aromatic heterocycles. The number of aryl methyl sites for hydroxylation is 1. The highest BCUT2D eigenvalue weighted by atomic mass is 79.9. The van der Waals surface area contributed by atoms with Crippen LogP contribution < -0.4 is 5.32 Å². The Morgan fingerprint density at radius 3 is 3.05 bits per heavy atom. The summed E-state index contributed by atoms with van der Waals surface area (Å²) < 4.78 is 1.12. The average molecular weight is 368 g/mol. The molecule has 0 aromatic carbocycles. The summed E-state index contributed by atoms with van der Waals surface area (Å²) in [6, 6.07) is 2.10. The van der Waals surface area contributed by atoms with Crippen LogP contribution in [0, 0.1) is 5.92 Å². The van der Waals surface area contributed by atoms with Crippen molar-refractivity contribution in [3.8, 4) is 0 Å². The fraction of sp³-hybridized carbons (Fsp3) is 0.615. The van der Waals surface area contributed by atoms with Crippen LogP contribution in [0.1, 0.15) is 17.7 Å². The first kappa shape index (κ1) is 17.0. The number of hydrogen-bond donors (Lipinski definition) is 1. The monoisotopic (exact) mass is 366 g/mol. The van der Waals surface area contributed by atoms with Crippen LogP contribution in [0.15, 0.2) is 15.9 Å². The van der Waals surface area contributed by atoms with Gasteiger partial charge in [0.05, 0.1) is 0 Å². The summed E-state index contributed by atoms with van der Waals surface area (Å²) in [7, 11) is 1.97. The second kappa shape index (κ2) is 8.25. The zero-order chi connectivity index (χ0) is 13.0. The van der Waals surface area contributed by atoms with Gasteiger partial charge in [0, 0.05) is 34.2 Å². The van der Waals surface area contributed by atoms with Gasteiger partial charge in [0.25, 0.3) is 0 Å². The summed E-state index contributed by atoms with van der Waals surface area (Å²) in [4.78, 5) is 15.4. The quantitative estimate of drug-likeness (QED) is 0.868. The Morgan fingerprint density at radius 2 is 2.42 bits per heavy atom. The topological polar surface area (TPSA) is 32.3 Å². The molecule has 1 aliphatic rings. The Labute approximate surface area is 133 Å². The van der Waals surface area contributed by atoms with Crippen LogP contribution in [0.2, 0.25) is 0 Å². The molecule has 3 nitrogen and oxygen atoms in total. The number of likely N-dealkylation sites (tertiary alicyclic amines) is 1. The number of carbonyl (C=O) groups is 1. The van der Waals surface area contributed by atoms with Gasteiger partial charge in [0.1, 0.15) is 0 Å². The number of thiophene rings is 1. The normalized spacial score (nSPS) is 18.4. The van der Waals surface area contributed by atoms with Crippen molar-refractivity contribution in [2.75, 3.05) is 26.7 Å². The Kier molecular flexibility index (Phi) is 7.36. The molecule has 1 aliphatic heterocycles. The zero-order valence-electron chi connectivity index (χ0n) is 11.0. The fourth-order valence-corrected chi connectivity index (χ4v) is 3.84. The van der Waals surface area contributed by atoms with E-state index in [1.54, 1.807) is 11.3 Å². The highest BCUT2D eigenvalue weighted by molar-refractivity contribution is 9.10. The van der Waals surface area contributed by atoms with Gasteiger partial charge in [-0.1, -0.05) is 0 Å². The molecule has 6 heteroatoms. The molecule has 19 heavy (non-hydrogen) atoms. The van der Waals surface area contributed by atoms with E-state index in [-0.39, 0.29) is 12.4 Å². The van der Waals surface area contributed by atoms with Gasteiger partial charge in [0.15, 0.2) is 0 Å². The predicted molar refractivity (Wildman–Crippen MR) is 86.2 cm³/mol. The summed E-state index contributed by atoms with van der Waals surface area (Å²) in [6.45, 7) is 2.87. The molecule has 1 N–H and O–H groups in total. The summed E-state index contributed by atoms with van der Waals surface area (Å²) in [5, 5.41) is 5.26.